The van der Waals surface area contributed by atoms with Gasteiger partial charge in [-0.3, -0.25) is 4.79 Å². The van der Waals surface area contributed by atoms with Crippen LogP contribution >= 0.6 is 0 Å². The molecule has 0 aliphatic heterocycles. The molecule has 4 atom stereocenters. The molecule has 0 aliphatic rings. The molecule has 1 aromatic rings. The molecule has 0 aliphatic carbocycles. The maximum absolute atomic E-state index is 12.1. The second kappa shape index (κ2) is 10.8. The van der Waals surface area contributed by atoms with Gasteiger partial charge in [0.25, 0.3) is 0 Å². The molecule has 1 aromatic carbocycles. The summed E-state index contributed by atoms with van der Waals surface area (Å²) in [4.78, 5) is 35.9. The summed E-state index contributed by atoms with van der Waals surface area (Å²) in [7, 11) is 0. The zero-order valence-electron chi connectivity index (χ0n) is 16.0. The molecule has 0 heterocycles. The fourth-order valence-corrected chi connectivity index (χ4v) is 2.33. The fourth-order valence-electron chi connectivity index (χ4n) is 2.33. The van der Waals surface area contributed by atoms with Gasteiger partial charge in [0.15, 0.2) is 0 Å². The van der Waals surface area contributed by atoms with Crippen LogP contribution in [0.15, 0.2) is 30.3 Å². The Morgan fingerprint density at radius 3 is 2.04 bits per heavy atom. The minimum absolute atomic E-state index is 0.169. The van der Waals surface area contributed by atoms with E-state index in [-0.39, 0.29) is 12.3 Å². The summed E-state index contributed by atoms with van der Waals surface area (Å²) in [6.07, 6.45) is -0.351. The minimum atomic E-state index is -1.33. The molecule has 8 nitrogen and oxygen atoms in total. The van der Waals surface area contributed by atoms with Gasteiger partial charge in [0.05, 0.1) is 0 Å². The molecule has 0 bridgehead atoms. The van der Waals surface area contributed by atoms with Crippen LogP contribution in [-0.4, -0.2) is 42.1 Å². The van der Waals surface area contributed by atoms with Crippen molar-refractivity contribution in [1.82, 2.24) is 0 Å². The number of nitrogens with two attached hydrogens (primary N) is 3. The van der Waals surface area contributed by atoms with Gasteiger partial charge in [-0.25, -0.2) is 9.59 Å². The Balaban J connectivity index is 2.52. The smallest absolute Gasteiger partial charge is 0.334 e. The van der Waals surface area contributed by atoms with Gasteiger partial charge in [0, 0.05) is 0 Å². The van der Waals surface area contributed by atoms with E-state index in [0.717, 1.165) is 5.56 Å². The molecular weight excluding hydrogens is 350 g/mol. The molecule has 27 heavy (non-hydrogen) atoms. The summed E-state index contributed by atoms with van der Waals surface area (Å²) in [5, 5.41) is 0. The van der Waals surface area contributed by atoms with Crippen LogP contribution < -0.4 is 17.2 Å². The molecule has 0 spiro atoms. The molecule has 0 amide bonds. The molecule has 0 saturated carbocycles. The highest BCUT2D eigenvalue weighted by molar-refractivity contribution is 5.91. The summed E-state index contributed by atoms with van der Waals surface area (Å²) in [5.74, 6) is -2.39. The molecular formula is C19H29N3O5. The van der Waals surface area contributed by atoms with Crippen LogP contribution in [0, 0.1) is 5.92 Å². The number of ether oxygens (including phenoxy) is 2. The van der Waals surface area contributed by atoms with Crippen LogP contribution in [0.3, 0.4) is 0 Å². The highest BCUT2D eigenvalue weighted by atomic mass is 16.6. The van der Waals surface area contributed by atoms with Gasteiger partial charge in [-0.1, -0.05) is 44.2 Å². The van der Waals surface area contributed by atoms with Crippen LogP contribution in [0.5, 0.6) is 0 Å². The number of rotatable bonds is 9. The Morgan fingerprint density at radius 2 is 1.48 bits per heavy atom. The van der Waals surface area contributed by atoms with Gasteiger partial charge in [0.2, 0.25) is 0 Å². The van der Waals surface area contributed by atoms with E-state index in [1.807, 2.05) is 44.2 Å². The van der Waals surface area contributed by atoms with Crippen molar-refractivity contribution in [3.05, 3.63) is 35.9 Å². The van der Waals surface area contributed by atoms with Crippen LogP contribution in [-0.2, 0) is 30.3 Å². The van der Waals surface area contributed by atoms with Crippen LogP contribution in [0.1, 0.15) is 32.8 Å². The molecule has 0 unspecified atom stereocenters. The van der Waals surface area contributed by atoms with E-state index in [1.165, 1.54) is 6.92 Å². The van der Waals surface area contributed by atoms with Gasteiger partial charge >= 0.3 is 17.9 Å². The Kier molecular flexibility index (Phi) is 9.07. The summed E-state index contributed by atoms with van der Waals surface area (Å²) in [6.45, 7) is 5.21. The van der Waals surface area contributed by atoms with Gasteiger partial charge in [-0.2, -0.15) is 0 Å². The summed E-state index contributed by atoms with van der Waals surface area (Å²) >= 11 is 0. The molecule has 1 rings (SSSR count). The largest absolute Gasteiger partial charge is 0.459 e. The van der Waals surface area contributed by atoms with E-state index in [1.54, 1.807) is 0 Å². The first-order valence-electron chi connectivity index (χ1n) is 8.88. The van der Waals surface area contributed by atoms with Crippen molar-refractivity contribution < 1.29 is 23.9 Å². The standard InChI is InChI=1S/C19H29N3O5/c1-11(2)9-14(20)18(24)27-19(25)16(22)12(3)26-17(23)15(21)10-13-7-5-4-6-8-13/h4-8,11-12,14-16H,9-10,20-22H2,1-3H3/t12-,14+,15+,16+/m1/s1. The normalized spacial score (nSPS) is 15.5. The average Bonchev–Trinajstić information content (AvgIpc) is 2.60. The minimum Gasteiger partial charge on any atom is -0.459 e. The summed E-state index contributed by atoms with van der Waals surface area (Å²) in [6, 6.07) is 6.06. The van der Waals surface area contributed by atoms with E-state index < -0.39 is 42.1 Å². The van der Waals surface area contributed by atoms with Crippen molar-refractivity contribution in [3.63, 3.8) is 0 Å². The molecule has 6 N–H and O–H groups in total. The Morgan fingerprint density at radius 1 is 0.889 bits per heavy atom. The number of hydrogen-bond donors (Lipinski definition) is 3. The average molecular weight is 379 g/mol. The van der Waals surface area contributed by atoms with Crippen molar-refractivity contribution in [2.24, 2.45) is 23.1 Å². The van der Waals surface area contributed by atoms with Crippen molar-refractivity contribution in [1.29, 1.82) is 0 Å². The number of carbonyl (C=O) groups excluding carboxylic acids is 3. The number of esters is 3. The topological polar surface area (TPSA) is 148 Å². The lowest BCUT2D eigenvalue weighted by molar-refractivity contribution is -0.165. The second-order valence-electron chi connectivity index (χ2n) is 6.94. The van der Waals surface area contributed by atoms with Crippen molar-refractivity contribution in [2.75, 3.05) is 0 Å². The Labute approximate surface area is 159 Å². The lowest BCUT2D eigenvalue weighted by Crippen LogP contribution is -2.48. The predicted octanol–water partition coefficient (Wildman–Crippen LogP) is 0.259. The van der Waals surface area contributed by atoms with Gasteiger partial charge in [-0.15, -0.1) is 0 Å². The summed E-state index contributed by atoms with van der Waals surface area (Å²) < 4.78 is 9.82. The maximum Gasteiger partial charge on any atom is 0.334 e. The van der Waals surface area contributed by atoms with Crippen LogP contribution in [0.4, 0.5) is 0 Å². The van der Waals surface area contributed by atoms with E-state index in [9.17, 15) is 14.4 Å². The second-order valence-corrected chi connectivity index (χ2v) is 6.94. The van der Waals surface area contributed by atoms with E-state index in [4.69, 9.17) is 21.9 Å². The maximum atomic E-state index is 12.1. The van der Waals surface area contributed by atoms with Crippen molar-refractivity contribution in [3.8, 4) is 0 Å². The molecule has 0 aromatic heterocycles. The highest BCUT2D eigenvalue weighted by Gasteiger charge is 2.30. The monoisotopic (exact) mass is 379 g/mol. The molecule has 0 radical (unpaired) electrons. The predicted molar refractivity (Wildman–Crippen MR) is 100 cm³/mol. The highest BCUT2D eigenvalue weighted by Crippen LogP contribution is 2.08. The molecule has 8 heteroatoms. The van der Waals surface area contributed by atoms with Crippen molar-refractivity contribution >= 4 is 17.9 Å². The zero-order chi connectivity index (χ0) is 20.6. The van der Waals surface area contributed by atoms with Gasteiger partial charge < -0.3 is 26.7 Å². The van der Waals surface area contributed by atoms with Crippen LogP contribution in [0.25, 0.3) is 0 Å². The number of benzene rings is 1. The third-order valence-corrected chi connectivity index (χ3v) is 3.91. The van der Waals surface area contributed by atoms with E-state index in [0.29, 0.717) is 6.42 Å². The zero-order valence-corrected chi connectivity index (χ0v) is 16.0. The molecule has 150 valence electrons. The third-order valence-electron chi connectivity index (χ3n) is 3.91. The first kappa shape index (κ1) is 22.8. The van der Waals surface area contributed by atoms with Crippen LogP contribution in [0.2, 0.25) is 0 Å². The third kappa shape index (κ3) is 7.86. The number of carbonyl (C=O) groups is 3. The fraction of sp³-hybridized carbons (Fsp3) is 0.526. The van der Waals surface area contributed by atoms with Gasteiger partial charge in [-0.05, 0) is 31.2 Å². The number of hydrogen-bond acceptors (Lipinski definition) is 8. The summed E-state index contributed by atoms with van der Waals surface area (Å²) in [5.41, 5.74) is 18.1. The first-order valence-corrected chi connectivity index (χ1v) is 8.88. The van der Waals surface area contributed by atoms with Gasteiger partial charge in [0.1, 0.15) is 24.2 Å². The first-order chi connectivity index (χ1) is 12.6. The molecule has 0 fully saturated rings. The Bertz CT molecular complexity index is 635. The SMILES string of the molecule is CC(C)C[C@H](N)C(=O)OC(=O)[C@@H](N)[C@@H](C)OC(=O)[C@@H](N)Cc1ccccc1. The van der Waals surface area contributed by atoms with Crippen molar-refractivity contribution in [2.45, 2.75) is 57.8 Å². The quantitative estimate of drug-likeness (QED) is 0.409. The lowest BCUT2D eigenvalue weighted by Gasteiger charge is -2.21. The van der Waals surface area contributed by atoms with E-state index in [2.05, 4.69) is 4.74 Å². The lowest BCUT2D eigenvalue weighted by atomic mass is 10.0. The van der Waals surface area contributed by atoms with E-state index >= 15 is 0 Å². The molecule has 0 saturated heterocycles. The Hall–Kier alpha value is -2.29.